The van der Waals surface area contributed by atoms with Crippen molar-refractivity contribution in [3.05, 3.63) is 106 Å². The Morgan fingerprint density at radius 3 is 2.32 bits per heavy atom. The van der Waals surface area contributed by atoms with Crippen LogP contribution in [0.2, 0.25) is 0 Å². The maximum atomic E-state index is 14.4. The Kier molecular flexibility index (Phi) is 10.5. The van der Waals surface area contributed by atoms with Gasteiger partial charge in [-0.3, -0.25) is 9.69 Å². The van der Waals surface area contributed by atoms with Crippen molar-refractivity contribution >= 4 is 52.4 Å². The van der Waals surface area contributed by atoms with Crippen LogP contribution in [-0.2, 0) is 22.1 Å². The largest absolute Gasteiger partial charge is 0.448 e. The summed E-state index contributed by atoms with van der Waals surface area (Å²) < 4.78 is 54.5. The number of rotatable bonds is 8. The molecule has 5 aromatic rings. The van der Waals surface area contributed by atoms with Crippen molar-refractivity contribution in [2.75, 3.05) is 55.4 Å². The highest BCUT2D eigenvalue weighted by Crippen LogP contribution is 2.46. The molecule has 3 aromatic carbocycles. The second-order valence-corrected chi connectivity index (χ2v) is 17.6. The number of benzene rings is 3. The van der Waals surface area contributed by atoms with Gasteiger partial charge in [0, 0.05) is 53.8 Å². The van der Waals surface area contributed by atoms with Crippen LogP contribution >= 0.6 is 23.1 Å². The fourth-order valence-electron chi connectivity index (χ4n) is 8.70. The molecule has 2 aromatic heterocycles. The number of carbonyl (C=O) groups excluding carboxylic acids is 2. The van der Waals surface area contributed by atoms with Gasteiger partial charge >= 0.3 is 12.3 Å². The molecule has 0 saturated carbocycles. The maximum Gasteiger partial charge on any atom is 0.420 e. The first-order chi connectivity index (χ1) is 28.5. The van der Waals surface area contributed by atoms with Gasteiger partial charge < -0.3 is 24.6 Å². The first-order valence-corrected chi connectivity index (χ1v) is 21.7. The van der Waals surface area contributed by atoms with Gasteiger partial charge in [-0.05, 0) is 72.4 Å². The molecule has 0 bridgehead atoms. The van der Waals surface area contributed by atoms with E-state index in [-0.39, 0.29) is 59.2 Å². The van der Waals surface area contributed by atoms with Crippen LogP contribution in [0.4, 0.5) is 35.3 Å². The maximum absolute atomic E-state index is 14.4. The van der Waals surface area contributed by atoms with Gasteiger partial charge in [0.1, 0.15) is 17.0 Å². The number of halogens is 3. The number of fused-ring (bicyclic) bond motifs is 4. The molecule has 0 radical (unpaired) electrons. The number of nitrogens with one attached hydrogen (secondary N) is 1. The van der Waals surface area contributed by atoms with Gasteiger partial charge in [-0.2, -0.15) is 13.2 Å². The van der Waals surface area contributed by atoms with Gasteiger partial charge in [0.05, 0.1) is 41.9 Å². The van der Waals surface area contributed by atoms with Crippen molar-refractivity contribution < 1.29 is 32.2 Å². The number of anilines is 3. The number of piperazine rings is 1. The number of aryl methyl sites for hydroxylation is 1. The molecule has 10 nitrogen and oxygen atoms in total. The average molecular weight is 841 g/mol. The summed E-state index contributed by atoms with van der Waals surface area (Å²) in [5, 5.41) is 3.18. The first-order valence-electron chi connectivity index (χ1n) is 19.9. The third-order valence-corrected chi connectivity index (χ3v) is 14.0. The van der Waals surface area contributed by atoms with E-state index in [9.17, 15) is 22.8 Å². The molecular formula is C44H43F3N6O4S2. The van der Waals surface area contributed by atoms with E-state index in [0.29, 0.717) is 60.5 Å². The number of carbonyl (C=O) groups is 2. The lowest BCUT2D eigenvalue weighted by molar-refractivity contribution is -0.137. The molecule has 2 atom stereocenters. The van der Waals surface area contributed by atoms with Crippen molar-refractivity contribution in [2.45, 2.75) is 62.3 Å². The van der Waals surface area contributed by atoms with Crippen molar-refractivity contribution in [2.24, 2.45) is 0 Å². The normalized spacial score (nSPS) is 19.5. The fourth-order valence-corrected chi connectivity index (χ4v) is 11.0. The lowest BCUT2D eigenvalue weighted by atomic mass is 9.98. The summed E-state index contributed by atoms with van der Waals surface area (Å²) in [6, 6.07) is 23.8. The number of alkyl halides is 3. The number of hydrogen-bond acceptors (Lipinski definition) is 10. The first kappa shape index (κ1) is 39.3. The van der Waals surface area contributed by atoms with Gasteiger partial charge in [0.15, 0.2) is 0 Å². The molecule has 15 heteroatoms. The highest BCUT2D eigenvalue weighted by molar-refractivity contribution is 7.99. The van der Waals surface area contributed by atoms with Crippen molar-refractivity contribution in [3.63, 3.8) is 0 Å². The molecule has 9 rings (SSSR count). The minimum Gasteiger partial charge on any atom is -0.448 e. The van der Waals surface area contributed by atoms with E-state index in [1.165, 1.54) is 34.0 Å². The minimum atomic E-state index is -4.71. The summed E-state index contributed by atoms with van der Waals surface area (Å²) in [5.74, 6) is 0.443. The Bertz CT molecular complexity index is 2360. The Morgan fingerprint density at radius 1 is 0.983 bits per heavy atom. The lowest BCUT2D eigenvalue weighted by Gasteiger charge is -2.44. The van der Waals surface area contributed by atoms with Gasteiger partial charge in [0.25, 0.3) is 5.91 Å². The fraction of sp³-hybridized carbons (Fsp3) is 0.364. The Hall–Kier alpha value is -5.12. The summed E-state index contributed by atoms with van der Waals surface area (Å²) >= 11 is 2.50. The summed E-state index contributed by atoms with van der Waals surface area (Å²) in [4.78, 5) is 42.9. The third kappa shape index (κ3) is 7.41. The topological polar surface area (TPSA) is 100 Å². The lowest BCUT2D eigenvalue weighted by Crippen LogP contribution is -2.59. The zero-order chi connectivity index (χ0) is 41.0. The highest BCUT2D eigenvalue weighted by atomic mass is 32.2. The van der Waals surface area contributed by atoms with E-state index >= 15 is 0 Å². The van der Waals surface area contributed by atoms with Crippen LogP contribution in [-0.4, -0.2) is 95.1 Å². The van der Waals surface area contributed by atoms with Gasteiger partial charge in [-0.15, -0.1) is 23.1 Å². The van der Waals surface area contributed by atoms with E-state index in [2.05, 4.69) is 50.5 Å². The molecule has 5 heterocycles. The second kappa shape index (κ2) is 15.8. The number of thioether (sulfide) groups is 1. The van der Waals surface area contributed by atoms with Crippen LogP contribution in [0, 0.1) is 0 Å². The number of nitrogens with zero attached hydrogens (tertiary/aromatic N) is 5. The zero-order valence-corrected chi connectivity index (χ0v) is 34.4. The van der Waals surface area contributed by atoms with E-state index in [1.807, 2.05) is 62.1 Å². The molecule has 3 aliphatic heterocycles. The summed E-state index contributed by atoms with van der Waals surface area (Å²) in [7, 11) is 0. The predicted octanol–water partition coefficient (Wildman–Crippen LogP) is 9.32. The molecule has 59 heavy (non-hydrogen) atoms. The smallest absolute Gasteiger partial charge is 0.420 e. The van der Waals surface area contributed by atoms with Crippen LogP contribution in [0.25, 0.3) is 21.7 Å². The zero-order valence-electron chi connectivity index (χ0n) is 32.8. The Morgan fingerprint density at radius 2 is 1.68 bits per heavy atom. The molecule has 4 aliphatic rings. The molecule has 1 N–H and O–H groups in total. The van der Waals surface area contributed by atoms with Gasteiger partial charge in [0.2, 0.25) is 5.95 Å². The van der Waals surface area contributed by atoms with E-state index in [1.54, 1.807) is 11.0 Å². The third-order valence-electron chi connectivity index (χ3n) is 11.7. The molecular weight excluding hydrogens is 798 g/mol. The molecule has 2 unspecified atom stereocenters. The molecule has 2 fully saturated rings. The van der Waals surface area contributed by atoms with Crippen LogP contribution in [0.15, 0.2) is 83.9 Å². The number of amides is 2. The average Bonchev–Trinajstić information content (AvgIpc) is 3.73. The van der Waals surface area contributed by atoms with Crippen LogP contribution in [0.1, 0.15) is 58.6 Å². The van der Waals surface area contributed by atoms with Crippen molar-refractivity contribution in [1.29, 1.82) is 0 Å². The van der Waals surface area contributed by atoms with Gasteiger partial charge in [-0.1, -0.05) is 55.5 Å². The minimum absolute atomic E-state index is 0.0187. The van der Waals surface area contributed by atoms with Crippen LogP contribution in [0.3, 0.4) is 0 Å². The molecule has 1 aliphatic carbocycles. The molecule has 2 amide bonds. The predicted molar refractivity (Wildman–Crippen MR) is 224 cm³/mol. The van der Waals surface area contributed by atoms with Crippen molar-refractivity contribution in [1.82, 2.24) is 19.8 Å². The number of aromatic nitrogens is 2. The quantitative estimate of drug-likeness (QED) is 0.164. The van der Waals surface area contributed by atoms with E-state index in [4.69, 9.17) is 9.47 Å². The van der Waals surface area contributed by atoms with Gasteiger partial charge in [-0.25, -0.2) is 14.8 Å². The monoisotopic (exact) mass is 840 g/mol. The molecule has 2 saturated heterocycles. The molecule has 0 spiro atoms. The number of thiophene rings is 1. The van der Waals surface area contributed by atoms with E-state index < -0.39 is 11.7 Å². The summed E-state index contributed by atoms with van der Waals surface area (Å²) in [6.45, 7) is 8.98. The van der Waals surface area contributed by atoms with Crippen LogP contribution < -0.4 is 10.2 Å². The highest BCUT2D eigenvalue weighted by Gasteiger charge is 2.39. The molecule has 306 valence electrons. The van der Waals surface area contributed by atoms with E-state index in [0.717, 1.165) is 28.8 Å². The standard InChI is InChI=1S/C44H43F3N6O4S2/c1-4-27-17-28(51-20-25(2)53(26(3)21-51)43(55)57-24-34-32-11-7-5-9-30(32)31-10-6-8-12-33(31)34)13-14-36(27)49-42-48-19-35(44(45,46)47)39(50-42)37-18-38-40(59-37)41(54)52(15-16-58-38)29-22-56-23-29/h5-14,17-19,25-26,29,34H,4,15-16,20-24H2,1-3H3,(H,48,49,50). The summed E-state index contributed by atoms with van der Waals surface area (Å²) in [5.41, 5.74) is 6.03. The second-order valence-electron chi connectivity index (χ2n) is 15.4. The SMILES string of the molecule is CCc1cc(N2CC(C)N(C(=O)OCC3c4ccccc4-c4ccccc43)C(C)C2)ccc1Nc1ncc(C(F)(F)F)c(-c2cc3c(s2)C(=O)N(C2COC2)CCS3)n1. The summed E-state index contributed by atoms with van der Waals surface area (Å²) in [6.07, 6.45) is -3.60. The number of ether oxygens (including phenoxy) is 2. The van der Waals surface area contributed by atoms with Crippen molar-refractivity contribution in [3.8, 4) is 21.7 Å². The van der Waals surface area contributed by atoms with Crippen LogP contribution in [0.5, 0.6) is 0 Å². The number of hydrogen-bond donors (Lipinski definition) is 1. The Labute approximate surface area is 348 Å². The Balaban J connectivity index is 0.898.